The third-order valence-electron chi connectivity index (χ3n) is 4.04. The molecule has 0 aromatic carbocycles. The lowest BCUT2D eigenvalue weighted by molar-refractivity contribution is 0.291. The highest BCUT2D eigenvalue weighted by Crippen LogP contribution is 2.29. The second-order valence-electron chi connectivity index (χ2n) is 5.71. The lowest BCUT2D eigenvalue weighted by Crippen LogP contribution is -2.31. The summed E-state index contributed by atoms with van der Waals surface area (Å²) in [5.41, 5.74) is 5.74. The molecule has 0 amide bonds. The van der Waals surface area contributed by atoms with Crippen molar-refractivity contribution >= 4 is 11.9 Å². The van der Waals surface area contributed by atoms with Crippen LogP contribution in [0.5, 0.6) is 6.01 Å². The zero-order valence-corrected chi connectivity index (χ0v) is 13.1. The predicted octanol–water partition coefficient (Wildman–Crippen LogP) is 3.01. The van der Waals surface area contributed by atoms with Gasteiger partial charge in [0.1, 0.15) is 0 Å². The molecular weight excluding hydrogens is 266 g/mol. The van der Waals surface area contributed by atoms with Crippen LogP contribution in [0.1, 0.15) is 58.8 Å². The van der Waals surface area contributed by atoms with E-state index in [4.69, 9.17) is 10.5 Å². The Hall–Kier alpha value is -1.59. The van der Waals surface area contributed by atoms with E-state index in [1.165, 1.54) is 32.1 Å². The fourth-order valence-corrected chi connectivity index (χ4v) is 2.95. The van der Waals surface area contributed by atoms with Crippen molar-refractivity contribution in [2.75, 3.05) is 17.7 Å². The van der Waals surface area contributed by atoms with Gasteiger partial charge in [-0.1, -0.05) is 33.1 Å². The third-order valence-corrected chi connectivity index (χ3v) is 4.04. The molecule has 1 atom stereocenters. The van der Waals surface area contributed by atoms with Crippen molar-refractivity contribution in [2.24, 2.45) is 5.92 Å². The van der Waals surface area contributed by atoms with Gasteiger partial charge in [0.25, 0.3) is 0 Å². The minimum atomic E-state index is 0.206. The van der Waals surface area contributed by atoms with Gasteiger partial charge in [0.05, 0.1) is 6.61 Å². The average molecular weight is 293 g/mol. The Labute approximate surface area is 126 Å². The molecule has 1 heterocycles. The standard InChI is InChI=1S/C15H27N5O/c1-3-10-21-15-19-13(16)18-14(20-15)17-12(4-2)11-8-6-5-7-9-11/h11-12H,3-10H2,1-2H3,(H3,16,17,18,19,20). The molecule has 1 saturated carbocycles. The molecule has 0 aliphatic heterocycles. The van der Waals surface area contributed by atoms with Crippen LogP contribution in [0.25, 0.3) is 0 Å². The molecule has 3 N–H and O–H groups in total. The maximum Gasteiger partial charge on any atom is 0.323 e. The number of nitrogen functional groups attached to an aromatic ring is 1. The van der Waals surface area contributed by atoms with Gasteiger partial charge in [-0.2, -0.15) is 15.0 Å². The Balaban J connectivity index is 2.03. The van der Waals surface area contributed by atoms with Crippen LogP contribution < -0.4 is 15.8 Å². The summed E-state index contributed by atoms with van der Waals surface area (Å²) in [5, 5.41) is 3.43. The maximum atomic E-state index is 5.74. The highest BCUT2D eigenvalue weighted by molar-refractivity contribution is 5.33. The number of nitrogens with zero attached hydrogens (tertiary/aromatic N) is 3. The summed E-state index contributed by atoms with van der Waals surface area (Å²) in [5.74, 6) is 1.44. The minimum Gasteiger partial charge on any atom is -0.463 e. The van der Waals surface area contributed by atoms with E-state index in [-0.39, 0.29) is 5.95 Å². The Morgan fingerprint density at radius 2 is 1.95 bits per heavy atom. The fraction of sp³-hybridized carbons (Fsp3) is 0.800. The minimum absolute atomic E-state index is 0.206. The van der Waals surface area contributed by atoms with E-state index in [0.29, 0.717) is 30.5 Å². The third kappa shape index (κ3) is 4.72. The lowest BCUT2D eigenvalue weighted by Gasteiger charge is -2.30. The zero-order valence-electron chi connectivity index (χ0n) is 13.1. The van der Waals surface area contributed by atoms with Gasteiger partial charge >= 0.3 is 6.01 Å². The van der Waals surface area contributed by atoms with Gasteiger partial charge in [-0.05, 0) is 31.6 Å². The number of nitrogens with two attached hydrogens (primary N) is 1. The average Bonchev–Trinajstić information content (AvgIpc) is 2.51. The van der Waals surface area contributed by atoms with Crippen molar-refractivity contribution in [1.82, 2.24) is 15.0 Å². The van der Waals surface area contributed by atoms with Crippen LogP contribution in [-0.2, 0) is 0 Å². The first-order valence-corrected chi connectivity index (χ1v) is 8.13. The molecule has 2 rings (SSSR count). The number of anilines is 2. The molecule has 1 unspecified atom stereocenters. The van der Waals surface area contributed by atoms with Crippen LogP contribution in [0, 0.1) is 5.92 Å². The lowest BCUT2D eigenvalue weighted by atomic mass is 9.83. The van der Waals surface area contributed by atoms with Crippen LogP contribution in [0.3, 0.4) is 0 Å². The van der Waals surface area contributed by atoms with Gasteiger partial charge in [-0.15, -0.1) is 0 Å². The molecule has 0 saturated heterocycles. The molecular formula is C15H27N5O. The molecule has 1 aromatic rings. The van der Waals surface area contributed by atoms with Crippen molar-refractivity contribution in [3.63, 3.8) is 0 Å². The molecule has 0 radical (unpaired) electrons. The number of ether oxygens (including phenoxy) is 1. The van der Waals surface area contributed by atoms with Crippen molar-refractivity contribution < 1.29 is 4.74 Å². The number of hydrogen-bond acceptors (Lipinski definition) is 6. The summed E-state index contributed by atoms with van der Waals surface area (Å²) < 4.78 is 5.46. The van der Waals surface area contributed by atoms with E-state index in [1.54, 1.807) is 0 Å². The topological polar surface area (TPSA) is 86.0 Å². The highest BCUT2D eigenvalue weighted by Gasteiger charge is 2.23. The van der Waals surface area contributed by atoms with Crippen molar-refractivity contribution in [3.05, 3.63) is 0 Å². The van der Waals surface area contributed by atoms with Crippen LogP contribution in [0.4, 0.5) is 11.9 Å². The Kier molecular flexibility index (Phi) is 6.02. The van der Waals surface area contributed by atoms with Crippen molar-refractivity contribution in [2.45, 2.75) is 64.8 Å². The molecule has 6 heteroatoms. The number of hydrogen-bond donors (Lipinski definition) is 2. The highest BCUT2D eigenvalue weighted by atomic mass is 16.5. The molecule has 0 spiro atoms. The SMILES string of the molecule is CCCOc1nc(N)nc(NC(CC)C2CCCCC2)n1. The Morgan fingerprint density at radius 1 is 1.19 bits per heavy atom. The number of nitrogens with one attached hydrogen (secondary N) is 1. The Morgan fingerprint density at radius 3 is 2.62 bits per heavy atom. The monoisotopic (exact) mass is 293 g/mol. The second-order valence-corrected chi connectivity index (χ2v) is 5.71. The first kappa shape index (κ1) is 15.8. The van der Waals surface area contributed by atoms with E-state index in [9.17, 15) is 0 Å². The van der Waals surface area contributed by atoms with Crippen LogP contribution >= 0.6 is 0 Å². The normalized spacial score (nSPS) is 17.4. The summed E-state index contributed by atoms with van der Waals surface area (Å²) in [6.07, 6.45) is 8.55. The molecule has 1 aromatic heterocycles. The molecule has 6 nitrogen and oxygen atoms in total. The van der Waals surface area contributed by atoms with Crippen LogP contribution in [0.15, 0.2) is 0 Å². The van der Waals surface area contributed by atoms with Gasteiger partial charge < -0.3 is 15.8 Å². The van der Waals surface area contributed by atoms with Crippen molar-refractivity contribution in [3.8, 4) is 6.01 Å². The molecule has 1 fully saturated rings. The van der Waals surface area contributed by atoms with Crippen LogP contribution in [0.2, 0.25) is 0 Å². The predicted molar refractivity (Wildman–Crippen MR) is 84.3 cm³/mol. The van der Waals surface area contributed by atoms with Gasteiger partial charge in [0, 0.05) is 6.04 Å². The summed E-state index contributed by atoms with van der Waals surface area (Å²) in [7, 11) is 0. The maximum absolute atomic E-state index is 5.74. The van der Waals surface area contributed by atoms with Crippen molar-refractivity contribution in [1.29, 1.82) is 0 Å². The zero-order chi connectivity index (χ0) is 15.1. The first-order chi connectivity index (χ1) is 10.2. The second kappa shape index (κ2) is 8.00. The van der Waals surface area contributed by atoms with E-state index < -0.39 is 0 Å². The molecule has 21 heavy (non-hydrogen) atoms. The number of aromatic nitrogens is 3. The van der Waals surface area contributed by atoms with Crippen LogP contribution in [-0.4, -0.2) is 27.6 Å². The van der Waals surface area contributed by atoms with E-state index in [1.807, 2.05) is 6.92 Å². The summed E-state index contributed by atoms with van der Waals surface area (Å²) in [6.45, 7) is 4.83. The van der Waals surface area contributed by atoms with E-state index in [0.717, 1.165) is 12.8 Å². The fourth-order valence-electron chi connectivity index (χ4n) is 2.95. The summed E-state index contributed by atoms with van der Waals surface area (Å²) in [4.78, 5) is 12.5. The Bertz CT molecular complexity index is 434. The molecule has 1 aliphatic carbocycles. The molecule has 0 bridgehead atoms. The van der Waals surface area contributed by atoms with E-state index in [2.05, 4.69) is 27.2 Å². The van der Waals surface area contributed by atoms with Gasteiger partial charge in [0.15, 0.2) is 0 Å². The van der Waals surface area contributed by atoms with E-state index >= 15 is 0 Å². The smallest absolute Gasteiger partial charge is 0.323 e. The largest absolute Gasteiger partial charge is 0.463 e. The number of rotatable bonds is 7. The summed E-state index contributed by atoms with van der Waals surface area (Å²) in [6, 6.07) is 0.705. The van der Waals surface area contributed by atoms with Gasteiger partial charge in [-0.3, -0.25) is 0 Å². The first-order valence-electron chi connectivity index (χ1n) is 8.13. The molecule has 118 valence electrons. The summed E-state index contributed by atoms with van der Waals surface area (Å²) >= 11 is 0. The quantitative estimate of drug-likeness (QED) is 0.803. The van der Waals surface area contributed by atoms with Gasteiger partial charge in [0.2, 0.25) is 11.9 Å². The molecule has 1 aliphatic rings. The van der Waals surface area contributed by atoms with Gasteiger partial charge in [-0.25, -0.2) is 0 Å².